The van der Waals surface area contributed by atoms with Gasteiger partial charge in [-0.1, -0.05) is 41.4 Å². The molecule has 0 amide bonds. The monoisotopic (exact) mass is 403 g/mol. The van der Waals surface area contributed by atoms with Gasteiger partial charge in [-0.2, -0.15) is 0 Å². The highest BCUT2D eigenvalue weighted by Gasteiger charge is 2.18. The van der Waals surface area contributed by atoms with Crippen molar-refractivity contribution in [3.63, 3.8) is 0 Å². The zero-order valence-corrected chi connectivity index (χ0v) is 15.9. The van der Waals surface area contributed by atoms with Crippen LogP contribution in [0.15, 0.2) is 66.9 Å². The van der Waals surface area contributed by atoms with Crippen molar-refractivity contribution in [3.8, 4) is 5.75 Å². The maximum Gasteiger partial charge on any atom is 0.182 e. The van der Waals surface area contributed by atoms with Crippen molar-refractivity contribution in [2.24, 2.45) is 5.73 Å². The van der Waals surface area contributed by atoms with Gasteiger partial charge < -0.3 is 10.5 Å². The first-order valence-electron chi connectivity index (χ1n) is 7.72. The van der Waals surface area contributed by atoms with E-state index in [0.29, 0.717) is 28.2 Å². The van der Waals surface area contributed by atoms with Crippen molar-refractivity contribution < 1.29 is 4.74 Å². The number of benzene rings is 2. The van der Waals surface area contributed by atoms with Crippen LogP contribution in [-0.4, -0.2) is 10.1 Å². The molecule has 7 heteroatoms. The van der Waals surface area contributed by atoms with Crippen LogP contribution in [-0.2, 0) is 6.61 Å². The highest BCUT2D eigenvalue weighted by Crippen LogP contribution is 2.33. The number of halogens is 2. The lowest BCUT2D eigenvalue weighted by Crippen LogP contribution is -2.32. The van der Waals surface area contributed by atoms with E-state index in [1.807, 2.05) is 36.4 Å². The highest BCUT2D eigenvalue weighted by molar-refractivity contribution is 7.80. The van der Waals surface area contributed by atoms with Crippen LogP contribution in [0.5, 0.6) is 5.75 Å². The summed E-state index contributed by atoms with van der Waals surface area (Å²) in [6.45, 7) is 0.296. The van der Waals surface area contributed by atoms with Gasteiger partial charge in [0.15, 0.2) is 16.7 Å². The summed E-state index contributed by atoms with van der Waals surface area (Å²) in [6.07, 6.45) is 1.65. The molecule has 3 aromatic rings. The van der Waals surface area contributed by atoms with E-state index in [2.05, 4.69) is 4.98 Å². The van der Waals surface area contributed by atoms with E-state index < -0.39 is 0 Å². The van der Waals surface area contributed by atoms with Crippen LogP contribution < -0.4 is 15.4 Å². The predicted octanol–water partition coefficient (Wildman–Crippen LogP) is 5.35. The van der Waals surface area contributed by atoms with Gasteiger partial charge in [-0.05, 0) is 54.7 Å². The number of hydrogen-bond acceptors (Lipinski definition) is 3. The summed E-state index contributed by atoms with van der Waals surface area (Å²) < 4.78 is 5.95. The maximum atomic E-state index is 6.19. The Morgan fingerprint density at radius 3 is 2.46 bits per heavy atom. The van der Waals surface area contributed by atoms with Gasteiger partial charge in [0.1, 0.15) is 6.61 Å². The summed E-state index contributed by atoms with van der Waals surface area (Å²) in [5, 5.41) is 1.41. The van der Waals surface area contributed by atoms with E-state index in [1.54, 1.807) is 35.4 Å². The quantitative estimate of drug-likeness (QED) is 0.581. The van der Waals surface area contributed by atoms with E-state index in [-0.39, 0.29) is 5.11 Å². The Bertz CT molecular complexity index is 919. The molecule has 0 bridgehead atoms. The lowest BCUT2D eigenvalue weighted by atomic mass is 10.2. The number of nitrogens with two attached hydrogens (primary N) is 1. The van der Waals surface area contributed by atoms with Crippen molar-refractivity contribution in [1.82, 2.24) is 4.98 Å². The molecule has 0 aliphatic heterocycles. The second-order valence-electron chi connectivity index (χ2n) is 5.36. The fourth-order valence-electron chi connectivity index (χ4n) is 2.38. The average Bonchev–Trinajstić information content (AvgIpc) is 2.63. The number of hydrogen-bond donors (Lipinski definition) is 1. The van der Waals surface area contributed by atoms with E-state index >= 15 is 0 Å². The number of ether oxygens (including phenoxy) is 1. The van der Waals surface area contributed by atoms with Gasteiger partial charge in [0.25, 0.3) is 0 Å². The smallest absolute Gasteiger partial charge is 0.182 e. The Hall–Kier alpha value is -2.34. The van der Waals surface area contributed by atoms with Gasteiger partial charge in [-0.15, -0.1) is 0 Å². The number of anilines is 2. The van der Waals surface area contributed by atoms with Gasteiger partial charge in [-0.25, -0.2) is 4.98 Å². The van der Waals surface area contributed by atoms with Crippen LogP contribution in [0, 0.1) is 0 Å². The molecule has 0 aliphatic rings. The summed E-state index contributed by atoms with van der Waals surface area (Å²) in [5.41, 5.74) is 7.56. The number of rotatable bonds is 5. The fourth-order valence-corrected chi connectivity index (χ4v) is 2.89. The Labute approximate surface area is 167 Å². The molecule has 0 spiro atoms. The Morgan fingerprint density at radius 2 is 1.77 bits per heavy atom. The second-order valence-corrected chi connectivity index (χ2v) is 6.62. The standard InChI is InChI=1S/C19H15Cl2N3OS/c20-14-7-9-15(10-8-14)24(19(22)26)18-17(6-3-11-23-18)25-12-13-4-1-2-5-16(13)21/h1-11H,12H2,(H2,22,26). The third kappa shape index (κ3) is 4.25. The van der Waals surface area contributed by atoms with Gasteiger partial charge in [0, 0.05) is 21.8 Å². The molecule has 132 valence electrons. The first-order chi connectivity index (χ1) is 12.6. The van der Waals surface area contributed by atoms with E-state index in [0.717, 1.165) is 11.3 Å². The normalized spacial score (nSPS) is 10.4. The average molecular weight is 404 g/mol. The van der Waals surface area contributed by atoms with E-state index in [4.69, 9.17) is 45.9 Å². The van der Waals surface area contributed by atoms with Crippen LogP contribution in [0.4, 0.5) is 11.5 Å². The minimum atomic E-state index is 0.147. The zero-order chi connectivity index (χ0) is 18.5. The van der Waals surface area contributed by atoms with Crippen molar-refractivity contribution in [1.29, 1.82) is 0 Å². The van der Waals surface area contributed by atoms with Crippen LogP contribution in [0.3, 0.4) is 0 Å². The van der Waals surface area contributed by atoms with Crippen LogP contribution in [0.1, 0.15) is 5.56 Å². The van der Waals surface area contributed by atoms with Crippen LogP contribution >= 0.6 is 35.4 Å². The molecule has 3 rings (SSSR count). The lowest BCUT2D eigenvalue weighted by Gasteiger charge is -2.24. The number of aromatic nitrogens is 1. The molecule has 0 unspecified atom stereocenters. The Balaban J connectivity index is 1.92. The van der Waals surface area contributed by atoms with Crippen molar-refractivity contribution in [2.75, 3.05) is 4.90 Å². The van der Waals surface area contributed by atoms with Gasteiger partial charge >= 0.3 is 0 Å². The molecule has 0 saturated heterocycles. The van der Waals surface area contributed by atoms with Crippen LogP contribution in [0.25, 0.3) is 0 Å². The third-order valence-corrected chi connectivity index (χ3v) is 4.41. The predicted molar refractivity (Wildman–Crippen MR) is 110 cm³/mol. The SMILES string of the molecule is NC(=S)N(c1ccc(Cl)cc1)c1ncccc1OCc1ccccc1Cl. The Kier molecular flexibility index (Phi) is 5.93. The summed E-state index contributed by atoms with van der Waals surface area (Å²) in [4.78, 5) is 6.03. The van der Waals surface area contributed by atoms with E-state index in [9.17, 15) is 0 Å². The molecule has 4 nitrogen and oxygen atoms in total. The van der Waals surface area contributed by atoms with Gasteiger partial charge in [-0.3, -0.25) is 4.90 Å². The van der Waals surface area contributed by atoms with Crippen molar-refractivity contribution in [3.05, 3.63) is 82.5 Å². The zero-order valence-electron chi connectivity index (χ0n) is 13.6. The fraction of sp³-hybridized carbons (Fsp3) is 0.0526. The molecule has 1 heterocycles. The molecule has 0 saturated carbocycles. The molecule has 1 aromatic heterocycles. The minimum Gasteiger partial charge on any atom is -0.485 e. The molecule has 26 heavy (non-hydrogen) atoms. The molecule has 0 aliphatic carbocycles. The van der Waals surface area contributed by atoms with Crippen molar-refractivity contribution >= 4 is 52.0 Å². The Morgan fingerprint density at radius 1 is 1.04 bits per heavy atom. The summed E-state index contributed by atoms with van der Waals surface area (Å²) in [7, 11) is 0. The number of nitrogens with zero attached hydrogens (tertiary/aromatic N) is 2. The molecule has 0 atom stereocenters. The summed E-state index contributed by atoms with van der Waals surface area (Å²) in [6, 6.07) is 18.2. The van der Waals surface area contributed by atoms with Crippen molar-refractivity contribution in [2.45, 2.75) is 6.61 Å². The topological polar surface area (TPSA) is 51.4 Å². The maximum absolute atomic E-state index is 6.19. The first-order valence-corrected chi connectivity index (χ1v) is 8.89. The molecule has 2 N–H and O–H groups in total. The van der Waals surface area contributed by atoms with Gasteiger partial charge in [0.05, 0.1) is 5.69 Å². The van der Waals surface area contributed by atoms with Gasteiger partial charge in [0.2, 0.25) is 0 Å². The first kappa shape index (κ1) is 18.5. The number of pyridine rings is 1. The largest absolute Gasteiger partial charge is 0.485 e. The highest BCUT2D eigenvalue weighted by atomic mass is 35.5. The van der Waals surface area contributed by atoms with Crippen LogP contribution in [0.2, 0.25) is 10.0 Å². The second kappa shape index (κ2) is 8.36. The number of thiocarbonyl (C=S) groups is 1. The summed E-state index contributed by atoms with van der Waals surface area (Å²) >= 11 is 17.4. The molecule has 0 fully saturated rings. The molecule has 2 aromatic carbocycles. The molecule has 0 radical (unpaired) electrons. The third-order valence-electron chi connectivity index (χ3n) is 3.61. The van der Waals surface area contributed by atoms with E-state index in [1.165, 1.54) is 0 Å². The lowest BCUT2D eigenvalue weighted by molar-refractivity contribution is 0.306. The minimum absolute atomic E-state index is 0.147. The molecular formula is C19H15Cl2N3OS. The summed E-state index contributed by atoms with van der Waals surface area (Å²) in [5.74, 6) is 1.03. The molecular weight excluding hydrogens is 389 g/mol.